The molecule has 0 radical (unpaired) electrons. The summed E-state index contributed by atoms with van der Waals surface area (Å²) < 4.78 is 0. The van der Waals surface area contributed by atoms with Gasteiger partial charge in [0.15, 0.2) is 0 Å². The van der Waals surface area contributed by atoms with Gasteiger partial charge in [0.05, 0.1) is 6.10 Å². The number of aldehydes is 1. The minimum Gasteiger partial charge on any atom is -0.388 e. The summed E-state index contributed by atoms with van der Waals surface area (Å²) in [6.07, 6.45) is 3.59. The number of rotatable bonds is 4. The average molecular weight is 140 g/mol. The summed E-state index contributed by atoms with van der Waals surface area (Å²) in [7, 11) is 0. The van der Waals surface area contributed by atoms with Crippen LogP contribution in [0.4, 0.5) is 0 Å². The first-order valence-electron chi connectivity index (χ1n) is 3.16. The lowest BCUT2D eigenvalue weighted by Crippen LogP contribution is -2.09. The van der Waals surface area contributed by atoms with Crippen molar-refractivity contribution >= 4 is 6.29 Å². The molecule has 1 N–H and O–H groups in total. The van der Waals surface area contributed by atoms with Gasteiger partial charge in [-0.3, -0.25) is 4.79 Å². The molecule has 0 aromatic rings. The van der Waals surface area contributed by atoms with Crippen LogP contribution in [0.3, 0.4) is 0 Å². The normalized spacial score (nSPS) is 14.4. The quantitative estimate of drug-likeness (QED) is 0.360. The first-order chi connectivity index (χ1) is 4.76. The molecule has 0 spiro atoms. The van der Waals surface area contributed by atoms with Crippen molar-refractivity contribution in [3.05, 3.63) is 24.3 Å². The Bertz CT molecular complexity index is 147. The summed E-state index contributed by atoms with van der Waals surface area (Å²) in [5, 5.41) is 9.14. The molecule has 0 rings (SSSR count). The van der Waals surface area contributed by atoms with Crippen LogP contribution in [0, 0.1) is 0 Å². The number of carbonyl (C=O) groups excluding carboxylic acids is 1. The standard InChI is InChI=1S/C8H12O2/c1-3-5-8(10)7(4-2)6-9/h3-4,6,8,10H,1,5H2,2H3/b7-4-. The van der Waals surface area contributed by atoms with Crippen LogP contribution in [0.15, 0.2) is 24.3 Å². The van der Waals surface area contributed by atoms with Crippen LogP contribution in [0.25, 0.3) is 0 Å². The Hall–Kier alpha value is -0.890. The van der Waals surface area contributed by atoms with E-state index in [0.717, 1.165) is 0 Å². The first-order valence-corrected chi connectivity index (χ1v) is 3.16. The van der Waals surface area contributed by atoms with Crippen molar-refractivity contribution in [2.24, 2.45) is 0 Å². The average Bonchev–Trinajstić information content (AvgIpc) is 1.91. The predicted octanol–water partition coefficient (Wildman–Crippen LogP) is 1.07. The highest BCUT2D eigenvalue weighted by Crippen LogP contribution is 2.03. The largest absolute Gasteiger partial charge is 0.388 e. The molecule has 0 amide bonds. The molecule has 1 atom stereocenters. The van der Waals surface area contributed by atoms with Crippen molar-refractivity contribution in [2.75, 3.05) is 0 Å². The van der Waals surface area contributed by atoms with Gasteiger partial charge in [0.2, 0.25) is 0 Å². The van der Waals surface area contributed by atoms with Gasteiger partial charge in [-0.1, -0.05) is 12.2 Å². The highest BCUT2D eigenvalue weighted by atomic mass is 16.3. The molecule has 0 fully saturated rings. The number of allylic oxidation sites excluding steroid dienone is 1. The third kappa shape index (κ3) is 2.60. The number of carbonyl (C=O) groups is 1. The summed E-state index contributed by atoms with van der Waals surface area (Å²) in [4.78, 5) is 10.2. The van der Waals surface area contributed by atoms with Gasteiger partial charge < -0.3 is 5.11 Å². The summed E-state index contributed by atoms with van der Waals surface area (Å²) >= 11 is 0. The molecule has 0 aliphatic heterocycles. The molecule has 56 valence electrons. The minimum absolute atomic E-state index is 0.417. The van der Waals surface area contributed by atoms with Gasteiger partial charge in [0.1, 0.15) is 6.29 Å². The fraction of sp³-hybridized carbons (Fsp3) is 0.375. The second-order valence-corrected chi connectivity index (χ2v) is 1.95. The van der Waals surface area contributed by atoms with Crippen LogP contribution < -0.4 is 0 Å². The molecule has 0 aromatic heterocycles. The Balaban J connectivity index is 4.01. The van der Waals surface area contributed by atoms with E-state index < -0.39 is 6.10 Å². The molecule has 0 saturated heterocycles. The van der Waals surface area contributed by atoms with Crippen molar-refractivity contribution < 1.29 is 9.90 Å². The maximum atomic E-state index is 10.2. The number of hydrogen-bond acceptors (Lipinski definition) is 2. The van der Waals surface area contributed by atoms with E-state index in [0.29, 0.717) is 18.3 Å². The second kappa shape index (κ2) is 4.94. The Morgan fingerprint density at radius 2 is 2.40 bits per heavy atom. The van der Waals surface area contributed by atoms with Gasteiger partial charge in [0.25, 0.3) is 0 Å². The van der Waals surface area contributed by atoms with E-state index in [2.05, 4.69) is 6.58 Å². The monoisotopic (exact) mass is 140 g/mol. The zero-order chi connectivity index (χ0) is 7.98. The van der Waals surface area contributed by atoms with Crippen molar-refractivity contribution in [2.45, 2.75) is 19.4 Å². The van der Waals surface area contributed by atoms with E-state index in [4.69, 9.17) is 5.11 Å². The minimum atomic E-state index is -0.681. The van der Waals surface area contributed by atoms with E-state index in [1.54, 1.807) is 19.1 Å². The number of aliphatic hydroxyl groups is 1. The maximum Gasteiger partial charge on any atom is 0.148 e. The van der Waals surface area contributed by atoms with Crippen molar-refractivity contribution in [1.82, 2.24) is 0 Å². The van der Waals surface area contributed by atoms with Crippen LogP contribution >= 0.6 is 0 Å². The van der Waals surface area contributed by atoms with Crippen LogP contribution in [-0.4, -0.2) is 17.5 Å². The molecule has 1 unspecified atom stereocenters. The summed E-state index contributed by atoms with van der Waals surface area (Å²) in [5.74, 6) is 0. The fourth-order valence-electron chi connectivity index (χ4n) is 0.633. The van der Waals surface area contributed by atoms with E-state index in [9.17, 15) is 4.79 Å². The van der Waals surface area contributed by atoms with Gasteiger partial charge in [-0.25, -0.2) is 0 Å². The van der Waals surface area contributed by atoms with Crippen LogP contribution in [0.5, 0.6) is 0 Å². The number of aliphatic hydroxyl groups excluding tert-OH is 1. The van der Waals surface area contributed by atoms with Gasteiger partial charge in [0, 0.05) is 5.57 Å². The van der Waals surface area contributed by atoms with Crippen LogP contribution in [-0.2, 0) is 4.79 Å². The smallest absolute Gasteiger partial charge is 0.148 e. The Morgan fingerprint density at radius 3 is 2.70 bits per heavy atom. The summed E-state index contributed by atoms with van der Waals surface area (Å²) in [5.41, 5.74) is 0.417. The molecule has 2 nitrogen and oxygen atoms in total. The zero-order valence-electron chi connectivity index (χ0n) is 6.08. The lowest BCUT2D eigenvalue weighted by molar-refractivity contribution is -0.105. The van der Waals surface area contributed by atoms with Crippen LogP contribution in [0.2, 0.25) is 0 Å². The molecule has 0 saturated carbocycles. The molecular formula is C8H12O2. The topological polar surface area (TPSA) is 37.3 Å². The molecule has 0 aliphatic rings. The number of hydrogen-bond donors (Lipinski definition) is 1. The molecule has 2 heteroatoms. The maximum absolute atomic E-state index is 10.2. The first kappa shape index (κ1) is 9.11. The third-order valence-corrected chi connectivity index (χ3v) is 1.24. The lowest BCUT2D eigenvalue weighted by Gasteiger charge is -2.04. The van der Waals surface area contributed by atoms with E-state index in [1.165, 1.54) is 0 Å². The third-order valence-electron chi connectivity index (χ3n) is 1.24. The predicted molar refractivity (Wildman–Crippen MR) is 40.6 cm³/mol. The SMILES string of the molecule is C=CCC(O)/C(C=O)=C\C. The van der Waals surface area contributed by atoms with Crippen molar-refractivity contribution in [1.29, 1.82) is 0 Å². The van der Waals surface area contributed by atoms with Gasteiger partial charge in [-0.2, -0.15) is 0 Å². The summed E-state index contributed by atoms with van der Waals surface area (Å²) in [6, 6.07) is 0. The van der Waals surface area contributed by atoms with E-state index >= 15 is 0 Å². The zero-order valence-corrected chi connectivity index (χ0v) is 6.08. The summed E-state index contributed by atoms with van der Waals surface area (Å²) in [6.45, 7) is 5.17. The molecular weight excluding hydrogens is 128 g/mol. The molecule has 0 aromatic carbocycles. The van der Waals surface area contributed by atoms with Crippen molar-refractivity contribution in [3.8, 4) is 0 Å². The molecule has 10 heavy (non-hydrogen) atoms. The van der Waals surface area contributed by atoms with E-state index in [1.807, 2.05) is 0 Å². The van der Waals surface area contributed by atoms with Crippen molar-refractivity contribution in [3.63, 3.8) is 0 Å². The highest BCUT2D eigenvalue weighted by Gasteiger charge is 2.05. The van der Waals surface area contributed by atoms with Gasteiger partial charge in [-0.15, -0.1) is 6.58 Å². The van der Waals surface area contributed by atoms with E-state index in [-0.39, 0.29) is 0 Å². The molecule has 0 aliphatic carbocycles. The van der Waals surface area contributed by atoms with Crippen LogP contribution in [0.1, 0.15) is 13.3 Å². The van der Waals surface area contributed by atoms with Gasteiger partial charge in [-0.05, 0) is 13.3 Å². The fourth-order valence-corrected chi connectivity index (χ4v) is 0.633. The Morgan fingerprint density at radius 1 is 1.80 bits per heavy atom. The molecule has 0 bridgehead atoms. The lowest BCUT2D eigenvalue weighted by atomic mass is 10.1. The highest BCUT2D eigenvalue weighted by molar-refractivity contribution is 5.74. The Labute approximate surface area is 60.9 Å². The Kier molecular flexibility index (Phi) is 4.50. The van der Waals surface area contributed by atoms with Gasteiger partial charge >= 0.3 is 0 Å². The second-order valence-electron chi connectivity index (χ2n) is 1.95. The molecule has 0 heterocycles.